The van der Waals surface area contributed by atoms with Crippen LogP contribution in [-0.4, -0.2) is 53.4 Å². The van der Waals surface area contributed by atoms with Crippen LogP contribution in [-0.2, 0) is 6.42 Å². The Morgan fingerprint density at radius 1 is 1.42 bits per heavy atom. The minimum Gasteiger partial charge on any atom is -0.337 e. The number of likely N-dealkylation sites (tertiary alicyclic amines) is 1. The van der Waals surface area contributed by atoms with Crippen molar-refractivity contribution in [3.8, 4) is 0 Å². The lowest BCUT2D eigenvalue weighted by molar-refractivity contribution is 0.0612. The average molecular weight is 372 g/mol. The summed E-state index contributed by atoms with van der Waals surface area (Å²) in [6.45, 7) is 7.02. The summed E-state index contributed by atoms with van der Waals surface area (Å²) >= 11 is 1.70. The number of aromatic nitrogens is 1. The Balaban J connectivity index is 1.56. The van der Waals surface area contributed by atoms with E-state index in [0.717, 1.165) is 50.2 Å². The molecule has 1 unspecified atom stereocenters. The van der Waals surface area contributed by atoms with Gasteiger partial charge in [0.25, 0.3) is 5.91 Å². The van der Waals surface area contributed by atoms with Crippen LogP contribution in [0.2, 0.25) is 0 Å². The molecule has 5 heteroatoms. The predicted octanol–water partition coefficient (Wildman–Crippen LogP) is 4.05. The van der Waals surface area contributed by atoms with Crippen molar-refractivity contribution in [2.45, 2.75) is 45.1 Å². The quantitative estimate of drug-likeness (QED) is 0.769. The van der Waals surface area contributed by atoms with Gasteiger partial charge in [-0.1, -0.05) is 19.9 Å². The normalized spacial score (nSPS) is 17.9. The zero-order chi connectivity index (χ0) is 18.5. The molecule has 0 N–H and O–H groups in total. The molecule has 3 heterocycles. The van der Waals surface area contributed by atoms with Gasteiger partial charge in [0.15, 0.2) is 0 Å². The first kappa shape index (κ1) is 19.1. The lowest BCUT2D eigenvalue weighted by atomic mass is 10.0. The molecule has 0 aliphatic carbocycles. The van der Waals surface area contributed by atoms with E-state index in [1.807, 2.05) is 28.6 Å². The molecule has 1 aliphatic rings. The highest BCUT2D eigenvalue weighted by Gasteiger charge is 2.27. The van der Waals surface area contributed by atoms with E-state index in [4.69, 9.17) is 0 Å². The van der Waals surface area contributed by atoms with Crippen molar-refractivity contribution in [2.75, 3.05) is 26.7 Å². The van der Waals surface area contributed by atoms with Gasteiger partial charge in [-0.25, -0.2) is 0 Å². The molecule has 0 spiro atoms. The molecule has 1 saturated heterocycles. The van der Waals surface area contributed by atoms with Crippen LogP contribution >= 0.6 is 11.3 Å². The second-order valence-electron chi connectivity index (χ2n) is 7.49. The summed E-state index contributed by atoms with van der Waals surface area (Å²) in [5.41, 5.74) is 1.98. The predicted molar refractivity (Wildman–Crippen MR) is 108 cm³/mol. The zero-order valence-corrected chi connectivity index (χ0v) is 16.8. The summed E-state index contributed by atoms with van der Waals surface area (Å²) in [5, 5.41) is 2.02. The number of rotatable bonds is 6. The molecule has 0 saturated carbocycles. The van der Waals surface area contributed by atoms with Gasteiger partial charge >= 0.3 is 0 Å². The standard InChI is InChI=1S/C21H29N3OS/c1-16(2)20-13-17(15-26-20)21(25)24-11-6-8-19(14-24)23(3)12-9-18-7-4-5-10-22-18/h4-5,7,10,13,15-16,19H,6,8-9,11-12,14H2,1-3H3. The van der Waals surface area contributed by atoms with Gasteiger partial charge in [0.1, 0.15) is 0 Å². The average Bonchev–Trinajstić information content (AvgIpc) is 3.17. The maximum Gasteiger partial charge on any atom is 0.254 e. The molecule has 0 radical (unpaired) electrons. The Bertz CT molecular complexity index is 713. The number of piperidine rings is 1. The van der Waals surface area contributed by atoms with Crippen LogP contribution in [0.5, 0.6) is 0 Å². The van der Waals surface area contributed by atoms with Crippen molar-refractivity contribution in [3.63, 3.8) is 0 Å². The summed E-state index contributed by atoms with van der Waals surface area (Å²) in [7, 11) is 2.17. The summed E-state index contributed by atoms with van der Waals surface area (Å²) in [5.74, 6) is 0.671. The van der Waals surface area contributed by atoms with Crippen molar-refractivity contribution in [2.24, 2.45) is 0 Å². The molecular weight excluding hydrogens is 342 g/mol. The van der Waals surface area contributed by atoms with Crippen molar-refractivity contribution in [3.05, 3.63) is 52.0 Å². The molecule has 1 fully saturated rings. The molecule has 26 heavy (non-hydrogen) atoms. The number of thiophene rings is 1. The molecule has 4 nitrogen and oxygen atoms in total. The highest BCUT2D eigenvalue weighted by molar-refractivity contribution is 7.10. The summed E-state index contributed by atoms with van der Waals surface area (Å²) in [6, 6.07) is 8.57. The topological polar surface area (TPSA) is 36.4 Å². The maximum absolute atomic E-state index is 12.9. The van der Waals surface area contributed by atoms with Crippen LogP contribution in [0.3, 0.4) is 0 Å². The van der Waals surface area contributed by atoms with Gasteiger partial charge in [0.2, 0.25) is 0 Å². The number of hydrogen-bond donors (Lipinski definition) is 0. The van der Waals surface area contributed by atoms with E-state index in [9.17, 15) is 4.79 Å². The molecule has 1 amide bonds. The van der Waals surface area contributed by atoms with E-state index >= 15 is 0 Å². The van der Waals surface area contributed by atoms with Gasteiger partial charge in [-0.15, -0.1) is 11.3 Å². The third-order valence-corrected chi connectivity index (χ3v) is 6.42. The molecule has 3 rings (SSSR count). The second-order valence-corrected chi connectivity index (χ2v) is 8.43. The van der Waals surface area contributed by atoms with Crippen LogP contribution in [0.1, 0.15) is 53.5 Å². The van der Waals surface area contributed by atoms with Crippen molar-refractivity contribution in [1.82, 2.24) is 14.8 Å². The zero-order valence-electron chi connectivity index (χ0n) is 16.0. The van der Waals surface area contributed by atoms with Gasteiger partial charge in [0, 0.05) is 54.2 Å². The fraction of sp³-hybridized carbons (Fsp3) is 0.524. The Hall–Kier alpha value is -1.72. The second kappa shape index (κ2) is 8.78. The number of carbonyl (C=O) groups is 1. The van der Waals surface area contributed by atoms with Crippen molar-refractivity contribution >= 4 is 17.2 Å². The van der Waals surface area contributed by atoms with Crippen molar-refractivity contribution < 1.29 is 4.79 Å². The van der Waals surface area contributed by atoms with Crippen LogP contribution in [0.15, 0.2) is 35.8 Å². The van der Waals surface area contributed by atoms with Crippen LogP contribution in [0.4, 0.5) is 0 Å². The van der Waals surface area contributed by atoms with Crippen molar-refractivity contribution in [1.29, 1.82) is 0 Å². The molecule has 1 atom stereocenters. The summed E-state index contributed by atoms with van der Waals surface area (Å²) in [6.07, 6.45) is 5.03. The Labute approximate surface area is 160 Å². The van der Waals surface area contributed by atoms with E-state index < -0.39 is 0 Å². The first-order valence-corrected chi connectivity index (χ1v) is 10.4. The van der Waals surface area contributed by atoms with E-state index in [1.54, 1.807) is 11.3 Å². The fourth-order valence-electron chi connectivity index (χ4n) is 3.47. The van der Waals surface area contributed by atoms with E-state index in [-0.39, 0.29) is 5.91 Å². The summed E-state index contributed by atoms with van der Waals surface area (Å²) < 4.78 is 0. The first-order chi connectivity index (χ1) is 12.5. The van der Waals surface area contributed by atoms with Crippen LogP contribution in [0, 0.1) is 0 Å². The highest BCUT2D eigenvalue weighted by Crippen LogP contribution is 2.25. The first-order valence-electron chi connectivity index (χ1n) is 9.52. The molecule has 0 bridgehead atoms. The number of hydrogen-bond acceptors (Lipinski definition) is 4. The number of likely N-dealkylation sites (N-methyl/N-ethyl adjacent to an activating group) is 1. The molecule has 2 aromatic rings. The number of amides is 1. The fourth-order valence-corrected chi connectivity index (χ4v) is 4.37. The third kappa shape index (κ3) is 4.71. The van der Waals surface area contributed by atoms with Gasteiger partial charge in [0.05, 0.1) is 5.56 Å². The smallest absolute Gasteiger partial charge is 0.254 e. The summed E-state index contributed by atoms with van der Waals surface area (Å²) in [4.78, 5) is 23.0. The SMILES string of the molecule is CC(C)c1cc(C(=O)N2CCCC(N(C)CCc3ccccn3)C2)cs1. The van der Waals surface area contributed by atoms with Crippen LogP contribution < -0.4 is 0 Å². The lowest BCUT2D eigenvalue weighted by Gasteiger charge is -2.37. The van der Waals surface area contributed by atoms with Crippen LogP contribution in [0.25, 0.3) is 0 Å². The number of pyridine rings is 1. The maximum atomic E-state index is 12.9. The monoisotopic (exact) mass is 371 g/mol. The van der Waals surface area contributed by atoms with E-state index in [2.05, 4.69) is 42.9 Å². The van der Waals surface area contributed by atoms with Gasteiger partial charge in [-0.05, 0) is 44.0 Å². The van der Waals surface area contributed by atoms with Gasteiger partial charge in [-0.2, -0.15) is 0 Å². The molecule has 2 aromatic heterocycles. The lowest BCUT2D eigenvalue weighted by Crippen LogP contribution is -2.49. The largest absolute Gasteiger partial charge is 0.337 e. The minimum atomic E-state index is 0.191. The third-order valence-electron chi connectivity index (χ3n) is 5.19. The molecule has 140 valence electrons. The van der Waals surface area contributed by atoms with Gasteiger partial charge < -0.3 is 9.80 Å². The highest BCUT2D eigenvalue weighted by atomic mass is 32.1. The molecular formula is C21H29N3OS. The number of nitrogens with zero attached hydrogens (tertiary/aromatic N) is 3. The Morgan fingerprint density at radius 3 is 2.96 bits per heavy atom. The van der Waals surface area contributed by atoms with E-state index in [1.165, 1.54) is 4.88 Å². The van der Waals surface area contributed by atoms with E-state index in [0.29, 0.717) is 12.0 Å². The number of carbonyl (C=O) groups excluding carboxylic acids is 1. The van der Waals surface area contributed by atoms with Gasteiger partial charge in [-0.3, -0.25) is 9.78 Å². The minimum absolute atomic E-state index is 0.191. The Kier molecular flexibility index (Phi) is 6.43. The molecule has 1 aliphatic heterocycles. The Morgan fingerprint density at radius 2 is 2.27 bits per heavy atom. The molecule has 0 aromatic carbocycles.